The summed E-state index contributed by atoms with van der Waals surface area (Å²) in [4.78, 5) is 31.5. The highest BCUT2D eigenvalue weighted by Gasteiger charge is 2.37. The lowest BCUT2D eigenvalue weighted by molar-refractivity contribution is -0.140. The van der Waals surface area contributed by atoms with Gasteiger partial charge in [-0.05, 0) is 42.9 Å². The molecule has 0 saturated carbocycles. The molecule has 0 spiro atoms. The number of piperidine rings is 1. The van der Waals surface area contributed by atoms with Gasteiger partial charge in [0.25, 0.3) is 5.91 Å². The first-order chi connectivity index (χ1) is 19.5. The summed E-state index contributed by atoms with van der Waals surface area (Å²) < 4.78 is 7.24. The Hall–Kier alpha value is -3.56. The quantitative estimate of drug-likeness (QED) is 0.445. The van der Waals surface area contributed by atoms with Gasteiger partial charge in [-0.2, -0.15) is 0 Å². The molecule has 9 heteroatoms. The smallest absolute Gasteiger partial charge is 0.276 e. The molecule has 2 aliphatic rings. The molecule has 0 bridgehead atoms. The molecule has 0 aliphatic carbocycles. The number of nitrogens with one attached hydrogen (secondary N) is 1. The van der Waals surface area contributed by atoms with E-state index < -0.39 is 0 Å². The highest BCUT2D eigenvalue weighted by atomic mass is 16.5. The number of aromatic nitrogens is 3. The summed E-state index contributed by atoms with van der Waals surface area (Å²) in [5, 5.41) is 12.4. The van der Waals surface area contributed by atoms with E-state index in [1.54, 1.807) is 4.68 Å². The molecule has 3 heterocycles. The number of para-hydroxylation sites is 1. The first-order valence-corrected chi connectivity index (χ1v) is 14.4. The Kier molecular flexibility index (Phi) is 9.23. The van der Waals surface area contributed by atoms with Crippen molar-refractivity contribution in [1.82, 2.24) is 30.1 Å². The summed E-state index contributed by atoms with van der Waals surface area (Å²) in [5.74, 6) is 0.120. The van der Waals surface area contributed by atoms with Crippen LogP contribution in [0.15, 0.2) is 60.7 Å². The molecule has 2 atom stereocenters. The molecular formula is C31H40N6O3. The number of hydrogen-bond acceptors (Lipinski definition) is 6. The van der Waals surface area contributed by atoms with Gasteiger partial charge in [-0.3, -0.25) is 9.59 Å². The lowest BCUT2D eigenvalue weighted by atomic mass is 9.92. The first-order valence-electron chi connectivity index (χ1n) is 14.4. The highest BCUT2D eigenvalue weighted by molar-refractivity contribution is 5.94. The molecule has 2 saturated heterocycles. The Balaban J connectivity index is 1.41. The summed E-state index contributed by atoms with van der Waals surface area (Å²) in [6.07, 6.45) is 2.03. The fraction of sp³-hybridized carbons (Fsp3) is 0.484. The Morgan fingerprint density at radius 3 is 2.40 bits per heavy atom. The monoisotopic (exact) mass is 544 g/mol. The van der Waals surface area contributed by atoms with Gasteiger partial charge >= 0.3 is 0 Å². The molecule has 3 aromatic rings. The second-order valence-corrected chi connectivity index (χ2v) is 11.2. The fourth-order valence-electron chi connectivity index (χ4n) is 5.69. The van der Waals surface area contributed by atoms with Gasteiger partial charge in [-0.25, -0.2) is 4.68 Å². The third-order valence-electron chi connectivity index (χ3n) is 7.72. The number of morpholine rings is 1. The van der Waals surface area contributed by atoms with E-state index in [0.717, 1.165) is 17.8 Å². The molecule has 1 aromatic heterocycles. The molecule has 2 aliphatic heterocycles. The molecule has 9 nitrogen and oxygen atoms in total. The molecule has 2 aromatic carbocycles. The summed E-state index contributed by atoms with van der Waals surface area (Å²) in [5.41, 5.74) is 3.27. The molecule has 1 N–H and O–H groups in total. The standard InChI is InChI=1S/C31H40N6O3/c1-23(2)22-36(27-19-25(20-32-21-27)30(38)35-15-17-40-18-16-35)31(39)29-28(14-13-24-9-5-3-6-10-24)37(34-33-29)26-11-7-4-8-12-26/h3-12,23,25,27,32H,13-22H2,1-2H3/t25-,27+/m1/s1. The lowest BCUT2D eigenvalue weighted by Crippen LogP contribution is -2.56. The Bertz CT molecular complexity index is 1260. The van der Waals surface area contributed by atoms with Crippen molar-refractivity contribution in [2.24, 2.45) is 11.8 Å². The maximum atomic E-state index is 14.3. The number of carbonyl (C=O) groups is 2. The van der Waals surface area contributed by atoms with Gasteiger partial charge in [0.15, 0.2) is 5.69 Å². The molecule has 212 valence electrons. The van der Waals surface area contributed by atoms with Crippen LogP contribution in [0.4, 0.5) is 0 Å². The van der Waals surface area contributed by atoms with Crippen LogP contribution in [0.1, 0.15) is 42.0 Å². The molecular weight excluding hydrogens is 504 g/mol. The van der Waals surface area contributed by atoms with Crippen molar-refractivity contribution in [3.63, 3.8) is 0 Å². The van der Waals surface area contributed by atoms with E-state index in [4.69, 9.17) is 4.74 Å². The van der Waals surface area contributed by atoms with Crippen molar-refractivity contribution < 1.29 is 14.3 Å². The van der Waals surface area contributed by atoms with Gasteiger partial charge in [-0.1, -0.05) is 67.6 Å². The minimum absolute atomic E-state index is 0.109. The number of benzene rings is 2. The Morgan fingerprint density at radius 2 is 1.70 bits per heavy atom. The number of amides is 2. The Morgan fingerprint density at radius 1 is 1.00 bits per heavy atom. The van der Waals surface area contributed by atoms with E-state index in [-0.39, 0.29) is 29.7 Å². The fourth-order valence-corrected chi connectivity index (χ4v) is 5.69. The zero-order valence-corrected chi connectivity index (χ0v) is 23.5. The number of rotatable bonds is 9. The van der Waals surface area contributed by atoms with Gasteiger partial charge in [0, 0.05) is 38.8 Å². The second-order valence-electron chi connectivity index (χ2n) is 11.2. The van der Waals surface area contributed by atoms with Crippen LogP contribution in [0.3, 0.4) is 0 Å². The molecule has 2 amide bonds. The summed E-state index contributed by atoms with van der Waals surface area (Å²) >= 11 is 0. The van der Waals surface area contributed by atoms with Crippen LogP contribution in [0.2, 0.25) is 0 Å². The van der Waals surface area contributed by atoms with Gasteiger partial charge < -0.3 is 19.9 Å². The minimum Gasteiger partial charge on any atom is -0.378 e. The maximum absolute atomic E-state index is 14.3. The van der Waals surface area contributed by atoms with E-state index in [1.165, 1.54) is 5.56 Å². The van der Waals surface area contributed by atoms with Crippen molar-refractivity contribution in [3.05, 3.63) is 77.6 Å². The number of nitrogens with zero attached hydrogens (tertiary/aromatic N) is 5. The normalized spacial score (nSPS) is 19.5. The molecule has 40 heavy (non-hydrogen) atoms. The van der Waals surface area contributed by atoms with E-state index in [9.17, 15) is 9.59 Å². The molecule has 0 unspecified atom stereocenters. The van der Waals surface area contributed by atoms with Gasteiger partial charge in [0.1, 0.15) is 0 Å². The predicted molar refractivity (Wildman–Crippen MR) is 153 cm³/mol. The lowest BCUT2D eigenvalue weighted by Gasteiger charge is -2.40. The maximum Gasteiger partial charge on any atom is 0.276 e. The van der Waals surface area contributed by atoms with Gasteiger partial charge in [0.2, 0.25) is 5.91 Å². The van der Waals surface area contributed by atoms with Crippen LogP contribution in [0, 0.1) is 11.8 Å². The van der Waals surface area contributed by atoms with Crippen molar-refractivity contribution in [2.45, 2.75) is 39.2 Å². The van der Waals surface area contributed by atoms with Gasteiger partial charge in [-0.15, -0.1) is 5.10 Å². The zero-order valence-electron chi connectivity index (χ0n) is 23.5. The number of hydrogen-bond donors (Lipinski definition) is 1. The average molecular weight is 545 g/mol. The van der Waals surface area contributed by atoms with Crippen LogP contribution >= 0.6 is 0 Å². The number of carbonyl (C=O) groups excluding carboxylic acids is 2. The summed E-state index contributed by atoms with van der Waals surface area (Å²) in [6.45, 7) is 8.50. The van der Waals surface area contributed by atoms with Gasteiger partial charge in [0.05, 0.1) is 30.5 Å². The molecule has 2 fully saturated rings. The SMILES string of the molecule is CC(C)CN(C(=O)c1nnn(-c2ccccc2)c1CCc1ccccc1)[C@@H]1CNC[C@H](C(=O)N2CCOCC2)C1. The summed E-state index contributed by atoms with van der Waals surface area (Å²) in [6, 6.07) is 20.0. The van der Waals surface area contributed by atoms with Crippen LogP contribution in [0.5, 0.6) is 0 Å². The zero-order chi connectivity index (χ0) is 27.9. The third kappa shape index (κ3) is 6.59. The largest absolute Gasteiger partial charge is 0.378 e. The second kappa shape index (κ2) is 13.2. The Labute approximate surface area is 236 Å². The highest BCUT2D eigenvalue weighted by Crippen LogP contribution is 2.24. The van der Waals surface area contributed by atoms with Crippen molar-refractivity contribution in [2.75, 3.05) is 45.9 Å². The predicted octanol–water partition coefficient (Wildman–Crippen LogP) is 2.99. The van der Waals surface area contributed by atoms with Crippen LogP contribution in [0.25, 0.3) is 5.69 Å². The van der Waals surface area contributed by atoms with Crippen molar-refractivity contribution >= 4 is 11.8 Å². The molecule has 5 rings (SSSR count). The number of aryl methyl sites for hydroxylation is 1. The third-order valence-corrected chi connectivity index (χ3v) is 7.72. The van der Waals surface area contributed by atoms with Crippen LogP contribution in [-0.4, -0.2) is 88.6 Å². The summed E-state index contributed by atoms with van der Waals surface area (Å²) in [7, 11) is 0. The van der Waals surface area contributed by atoms with E-state index in [2.05, 4.69) is 41.6 Å². The van der Waals surface area contributed by atoms with Crippen molar-refractivity contribution in [1.29, 1.82) is 0 Å². The van der Waals surface area contributed by atoms with E-state index in [0.29, 0.717) is 64.5 Å². The minimum atomic E-state index is -0.170. The van der Waals surface area contributed by atoms with E-state index >= 15 is 0 Å². The topological polar surface area (TPSA) is 92.6 Å². The van der Waals surface area contributed by atoms with Crippen molar-refractivity contribution in [3.8, 4) is 5.69 Å². The van der Waals surface area contributed by atoms with E-state index in [1.807, 2.05) is 58.3 Å². The average Bonchev–Trinajstić information content (AvgIpc) is 3.43. The van der Waals surface area contributed by atoms with Crippen LogP contribution < -0.4 is 5.32 Å². The molecule has 0 radical (unpaired) electrons. The first kappa shape index (κ1) is 28.0. The number of ether oxygens (including phenoxy) is 1. The van der Waals surface area contributed by atoms with Crippen LogP contribution in [-0.2, 0) is 22.4 Å².